The molecule has 0 spiro atoms. The topological polar surface area (TPSA) is 101 Å². The van der Waals surface area contributed by atoms with E-state index in [0.29, 0.717) is 38.6 Å². The molecule has 0 aromatic rings. The van der Waals surface area contributed by atoms with E-state index in [1.165, 1.54) is 4.90 Å². The fraction of sp³-hybridized carbons (Fsp3) is 0.700. The standard InChI is InChI=1S/C10H16N2O4/c11-7(10(15)16)3-1-2-6-12-8(13)4-5-9(12)14/h7H,1-6,11H2,(H,15,16). The number of unbranched alkanes of at least 4 members (excludes halogenated alkanes) is 1. The molecule has 1 atom stereocenters. The molecule has 0 saturated carbocycles. The summed E-state index contributed by atoms with van der Waals surface area (Å²) in [5.41, 5.74) is 5.32. The highest BCUT2D eigenvalue weighted by Gasteiger charge is 2.27. The highest BCUT2D eigenvalue weighted by atomic mass is 16.4. The molecule has 1 rings (SSSR count). The first kappa shape index (κ1) is 12.6. The van der Waals surface area contributed by atoms with Gasteiger partial charge in [0.1, 0.15) is 6.04 Å². The number of rotatable bonds is 6. The summed E-state index contributed by atoms with van der Waals surface area (Å²) in [6.45, 7) is 0.379. The maximum absolute atomic E-state index is 11.2. The number of carboxylic acids is 1. The van der Waals surface area contributed by atoms with Crippen molar-refractivity contribution < 1.29 is 19.5 Å². The Hall–Kier alpha value is -1.43. The number of likely N-dealkylation sites (tertiary alicyclic amines) is 1. The van der Waals surface area contributed by atoms with Crippen molar-refractivity contribution in [3.05, 3.63) is 0 Å². The summed E-state index contributed by atoms with van der Waals surface area (Å²) in [5, 5.41) is 8.53. The first-order chi connectivity index (χ1) is 7.52. The molecule has 6 nitrogen and oxygen atoms in total. The zero-order valence-corrected chi connectivity index (χ0v) is 9.02. The van der Waals surface area contributed by atoms with E-state index in [9.17, 15) is 14.4 Å². The van der Waals surface area contributed by atoms with E-state index in [1.54, 1.807) is 0 Å². The van der Waals surface area contributed by atoms with Gasteiger partial charge >= 0.3 is 5.97 Å². The number of carbonyl (C=O) groups is 3. The van der Waals surface area contributed by atoms with E-state index < -0.39 is 12.0 Å². The van der Waals surface area contributed by atoms with Gasteiger partial charge in [-0.25, -0.2) is 0 Å². The van der Waals surface area contributed by atoms with Gasteiger partial charge in [-0.2, -0.15) is 0 Å². The van der Waals surface area contributed by atoms with Gasteiger partial charge in [-0.1, -0.05) is 0 Å². The zero-order valence-electron chi connectivity index (χ0n) is 9.02. The summed E-state index contributed by atoms with van der Waals surface area (Å²) in [4.78, 5) is 34.1. The van der Waals surface area contributed by atoms with Crippen LogP contribution in [-0.2, 0) is 14.4 Å². The van der Waals surface area contributed by atoms with Crippen molar-refractivity contribution in [2.75, 3.05) is 6.54 Å². The quantitative estimate of drug-likeness (QED) is 0.481. The molecule has 1 heterocycles. The van der Waals surface area contributed by atoms with Crippen LogP contribution in [0.25, 0.3) is 0 Å². The van der Waals surface area contributed by atoms with Crippen molar-refractivity contribution in [1.82, 2.24) is 4.90 Å². The molecule has 6 heteroatoms. The molecule has 1 saturated heterocycles. The number of nitrogens with two attached hydrogens (primary N) is 1. The third-order valence-corrected chi connectivity index (χ3v) is 2.62. The average Bonchev–Trinajstić information content (AvgIpc) is 2.54. The number of nitrogens with zero attached hydrogens (tertiary/aromatic N) is 1. The summed E-state index contributed by atoms with van der Waals surface area (Å²) in [7, 11) is 0. The molecule has 0 aromatic carbocycles. The SMILES string of the molecule is NC(CCCCN1C(=O)CCC1=O)C(=O)O. The molecule has 2 amide bonds. The van der Waals surface area contributed by atoms with Crippen LogP contribution in [-0.4, -0.2) is 40.4 Å². The Morgan fingerprint density at radius 2 is 1.88 bits per heavy atom. The average molecular weight is 228 g/mol. The van der Waals surface area contributed by atoms with Gasteiger partial charge in [-0.05, 0) is 19.3 Å². The van der Waals surface area contributed by atoms with Gasteiger partial charge in [0, 0.05) is 19.4 Å². The normalized spacial score (nSPS) is 17.9. The molecule has 1 unspecified atom stereocenters. The van der Waals surface area contributed by atoms with E-state index in [-0.39, 0.29) is 11.8 Å². The second-order valence-corrected chi connectivity index (χ2v) is 3.88. The van der Waals surface area contributed by atoms with Crippen LogP contribution in [0.5, 0.6) is 0 Å². The highest BCUT2D eigenvalue weighted by Crippen LogP contribution is 2.13. The van der Waals surface area contributed by atoms with Crippen molar-refractivity contribution in [3.8, 4) is 0 Å². The fourth-order valence-electron chi connectivity index (χ4n) is 1.63. The van der Waals surface area contributed by atoms with Gasteiger partial charge in [0.25, 0.3) is 0 Å². The van der Waals surface area contributed by atoms with Crippen LogP contribution in [0.15, 0.2) is 0 Å². The third-order valence-electron chi connectivity index (χ3n) is 2.62. The Kier molecular flexibility index (Phi) is 4.42. The number of carbonyl (C=O) groups excluding carboxylic acids is 2. The fourth-order valence-corrected chi connectivity index (χ4v) is 1.63. The molecule has 0 aromatic heterocycles. The minimum atomic E-state index is -1.02. The number of hydrogen-bond acceptors (Lipinski definition) is 4. The van der Waals surface area contributed by atoms with Gasteiger partial charge in [0.15, 0.2) is 0 Å². The summed E-state index contributed by atoms with van der Waals surface area (Å²) < 4.78 is 0. The molecular formula is C10H16N2O4. The summed E-state index contributed by atoms with van der Waals surface area (Å²) in [6, 6.07) is -0.856. The maximum atomic E-state index is 11.2. The van der Waals surface area contributed by atoms with Gasteiger partial charge in [0.2, 0.25) is 11.8 Å². The van der Waals surface area contributed by atoms with Crippen LogP contribution in [0, 0.1) is 0 Å². The van der Waals surface area contributed by atoms with E-state index >= 15 is 0 Å². The van der Waals surface area contributed by atoms with Crippen molar-refractivity contribution in [2.45, 2.75) is 38.1 Å². The predicted molar refractivity (Wildman–Crippen MR) is 55.4 cm³/mol. The Bertz CT molecular complexity index is 287. The third kappa shape index (κ3) is 3.30. The summed E-state index contributed by atoms with van der Waals surface area (Å²) in [5.74, 6) is -1.28. The molecular weight excluding hydrogens is 212 g/mol. The van der Waals surface area contributed by atoms with Crippen LogP contribution in [0.4, 0.5) is 0 Å². The Balaban J connectivity index is 2.18. The lowest BCUT2D eigenvalue weighted by molar-refractivity contribution is -0.140. The Morgan fingerprint density at radius 1 is 1.31 bits per heavy atom. The number of amides is 2. The van der Waals surface area contributed by atoms with Crippen molar-refractivity contribution in [2.24, 2.45) is 5.73 Å². The van der Waals surface area contributed by atoms with Crippen LogP contribution < -0.4 is 5.73 Å². The number of carboxylic acid groups (broad SMARTS) is 1. The molecule has 0 aliphatic carbocycles. The van der Waals surface area contributed by atoms with Crippen molar-refractivity contribution in [3.63, 3.8) is 0 Å². The highest BCUT2D eigenvalue weighted by molar-refractivity contribution is 6.01. The van der Waals surface area contributed by atoms with Crippen LogP contribution in [0.1, 0.15) is 32.1 Å². The smallest absolute Gasteiger partial charge is 0.320 e. The van der Waals surface area contributed by atoms with E-state index in [2.05, 4.69) is 0 Å². The molecule has 16 heavy (non-hydrogen) atoms. The van der Waals surface area contributed by atoms with Gasteiger partial charge in [-0.3, -0.25) is 19.3 Å². The number of hydrogen-bond donors (Lipinski definition) is 2. The molecule has 90 valence electrons. The number of imide groups is 1. The lowest BCUT2D eigenvalue weighted by Gasteiger charge is -2.13. The molecule has 1 aliphatic rings. The zero-order chi connectivity index (χ0) is 12.1. The van der Waals surface area contributed by atoms with Gasteiger partial charge in [0.05, 0.1) is 0 Å². The predicted octanol–water partition coefficient (Wildman–Crippen LogP) is -0.282. The Morgan fingerprint density at radius 3 is 2.38 bits per heavy atom. The van der Waals surface area contributed by atoms with Gasteiger partial charge in [-0.15, -0.1) is 0 Å². The summed E-state index contributed by atoms with van der Waals surface area (Å²) in [6.07, 6.45) is 2.18. The Labute approximate surface area is 93.4 Å². The van der Waals surface area contributed by atoms with Crippen LogP contribution in [0.3, 0.4) is 0 Å². The van der Waals surface area contributed by atoms with E-state index in [0.717, 1.165) is 0 Å². The summed E-state index contributed by atoms with van der Waals surface area (Å²) >= 11 is 0. The number of aliphatic carboxylic acids is 1. The van der Waals surface area contributed by atoms with Gasteiger partial charge < -0.3 is 10.8 Å². The molecule has 3 N–H and O–H groups in total. The molecule has 0 bridgehead atoms. The minimum Gasteiger partial charge on any atom is -0.480 e. The van der Waals surface area contributed by atoms with E-state index in [1.807, 2.05) is 0 Å². The maximum Gasteiger partial charge on any atom is 0.320 e. The second kappa shape index (κ2) is 5.60. The van der Waals surface area contributed by atoms with Crippen molar-refractivity contribution >= 4 is 17.8 Å². The minimum absolute atomic E-state index is 0.132. The second-order valence-electron chi connectivity index (χ2n) is 3.88. The first-order valence-corrected chi connectivity index (χ1v) is 5.34. The largest absolute Gasteiger partial charge is 0.480 e. The van der Waals surface area contributed by atoms with Crippen LogP contribution >= 0.6 is 0 Å². The lowest BCUT2D eigenvalue weighted by Crippen LogP contribution is -2.32. The van der Waals surface area contributed by atoms with E-state index in [4.69, 9.17) is 10.8 Å². The first-order valence-electron chi connectivity index (χ1n) is 5.34. The molecule has 0 radical (unpaired) electrons. The molecule has 1 aliphatic heterocycles. The molecule has 1 fully saturated rings. The lowest BCUT2D eigenvalue weighted by atomic mass is 10.1. The van der Waals surface area contributed by atoms with Crippen LogP contribution in [0.2, 0.25) is 0 Å². The van der Waals surface area contributed by atoms with Crippen molar-refractivity contribution in [1.29, 1.82) is 0 Å². The monoisotopic (exact) mass is 228 g/mol.